The van der Waals surface area contributed by atoms with Crippen molar-refractivity contribution in [2.24, 2.45) is 0 Å². The fraction of sp³-hybridized carbons (Fsp3) is 0.318. The van der Waals surface area contributed by atoms with Gasteiger partial charge in [-0.2, -0.15) is 13.2 Å². The van der Waals surface area contributed by atoms with Gasteiger partial charge in [0.05, 0.1) is 11.1 Å². The highest BCUT2D eigenvalue weighted by Crippen LogP contribution is 2.26. The Morgan fingerprint density at radius 1 is 1.13 bits per heavy atom. The summed E-state index contributed by atoms with van der Waals surface area (Å²) in [5, 5.41) is 3.70. The summed E-state index contributed by atoms with van der Waals surface area (Å²) >= 11 is 0. The molecule has 1 aliphatic rings. The van der Waals surface area contributed by atoms with Gasteiger partial charge in [-0.15, -0.1) is 0 Å². The summed E-state index contributed by atoms with van der Waals surface area (Å²) in [5.74, 6) is 0.210. The van der Waals surface area contributed by atoms with Crippen molar-refractivity contribution in [2.45, 2.75) is 25.6 Å². The van der Waals surface area contributed by atoms with Gasteiger partial charge in [0.15, 0.2) is 6.61 Å². The van der Waals surface area contributed by atoms with E-state index in [0.29, 0.717) is 16.9 Å². The normalized spacial score (nSPS) is 14.1. The molecule has 6 nitrogen and oxygen atoms in total. The fourth-order valence-electron chi connectivity index (χ4n) is 3.52. The van der Waals surface area contributed by atoms with Crippen molar-refractivity contribution in [1.29, 1.82) is 0 Å². The van der Waals surface area contributed by atoms with Crippen LogP contribution in [0.4, 0.5) is 19.0 Å². The monoisotopic (exact) mass is 430 g/mol. The van der Waals surface area contributed by atoms with E-state index in [4.69, 9.17) is 4.98 Å². The topological polar surface area (TPSA) is 67.3 Å². The highest BCUT2D eigenvalue weighted by molar-refractivity contribution is 6.02. The van der Waals surface area contributed by atoms with Crippen molar-refractivity contribution < 1.29 is 22.7 Å². The van der Waals surface area contributed by atoms with Gasteiger partial charge in [0, 0.05) is 37.3 Å². The molecule has 1 fully saturated rings. The Morgan fingerprint density at radius 3 is 2.68 bits per heavy atom. The van der Waals surface area contributed by atoms with E-state index in [1.54, 1.807) is 6.07 Å². The summed E-state index contributed by atoms with van der Waals surface area (Å²) < 4.78 is 41.7. The van der Waals surface area contributed by atoms with Crippen LogP contribution < -0.4 is 15.0 Å². The molecule has 1 amide bonds. The second-order valence-corrected chi connectivity index (χ2v) is 7.34. The average molecular weight is 430 g/mol. The number of anilines is 1. The van der Waals surface area contributed by atoms with E-state index < -0.39 is 12.8 Å². The summed E-state index contributed by atoms with van der Waals surface area (Å²) in [6.07, 6.45) is -0.998. The molecule has 0 saturated carbocycles. The molecule has 1 N–H and O–H groups in total. The minimum Gasteiger partial charge on any atom is -0.468 e. The number of rotatable bonds is 6. The van der Waals surface area contributed by atoms with Crippen LogP contribution in [0.2, 0.25) is 0 Å². The third-order valence-electron chi connectivity index (χ3n) is 4.99. The lowest BCUT2D eigenvalue weighted by molar-refractivity contribution is -0.154. The Bertz CT molecular complexity index is 1080. The molecule has 0 atom stereocenters. The number of nitrogens with one attached hydrogen (secondary N) is 1. The molecule has 9 heteroatoms. The van der Waals surface area contributed by atoms with E-state index >= 15 is 0 Å². The quantitative estimate of drug-likeness (QED) is 0.638. The Balaban J connectivity index is 1.51. The van der Waals surface area contributed by atoms with E-state index in [9.17, 15) is 18.0 Å². The number of hydrogen-bond acceptors (Lipinski definition) is 5. The molecule has 0 spiro atoms. The number of nitrogens with zero attached hydrogens (tertiary/aromatic N) is 3. The molecule has 0 aliphatic carbocycles. The van der Waals surface area contributed by atoms with Gasteiger partial charge in [0.1, 0.15) is 5.82 Å². The van der Waals surface area contributed by atoms with Crippen LogP contribution in [0.1, 0.15) is 28.8 Å². The lowest BCUT2D eigenvalue weighted by Gasteiger charge is -2.20. The van der Waals surface area contributed by atoms with Crippen LogP contribution in [-0.4, -0.2) is 41.7 Å². The third kappa shape index (κ3) is 5.22. The molecular formula is C22H21F3N4O2. The van der Waals surface area contributed by atoms with Crippen molar-refractivity contribution >= 4 is 22.6 Å². The van der Waals surface area contributed by atoms with Gasteiger partial charge < -0.3 is 15.0 Å². The molecule has 1 saturated heterocycles. The summed E-state index contributed by atoms with van der Waals surface area (Å²) in [4.78, 5) is 23.6. The second kappa shape index (κ2) is 8.79. The molecule has 0 unspecified atom stereocenters. The molecule has 4 rings (SSSR count). The summed E-state index contributed by atoms with van der Waals surface area (Å²) in [7, 11) is 0. The van der Waals surface area contributed by atoms with Crippen molar-refractivity contribution in [1.82, 2.24) is 15.3 Å². The van der Waals surface area contributed by atoms with Crippen molar-refractivity contribution in [3.8, 4) is 5.88 Å². The second-order valence-electron chi connectivity index (χ2n) is 7.34. The van der Waals surface area contributed by atoms with Gasteiger partial charge in [-0.3, -0.25) is 4.79 Å². The van der Waals surface area contributed by atoms with E-state index in [1.807, 2.05) is 30.3 Å². The van der Waals surface area contributed by atoms with Crippen molar-refractivity contribution in [3.63, 3.8) is 0 Å². The summed E-state index contributed by atoms with van der Waals surface area (Å²) in [5.41, 5.74) is 1.88. The number of ether oxygens (including phenoxy) is 1. The zero-order valence-electron chi connectivity index (χ0n) is 16.7. The molecule has 162 valence electrons. The predicted octanol–water partition coefficient (Wildman–Crippen LogP) is 4.10. The highest BCUT2D eigenvalue weighted by Gasteiger charge is 2.28. The maximum Gasteiger partial charge on any atom is 0.422 e. The van der Waals surface area contributed by atoms with E-state index in [1.165, 1.54) is 12.3 Å². The van der Waals surface area contributed by atoms with Gasteiger partial charge in [-0.25, -0.2) is 9.97 Å². The van der Waals surface area contributed by atoms with Gasteiger partial charge in [-0.05, 0) is 36.6 Å². The highest BCUT2D eigenvalue weighted by atomic mass is 19.4. The number of carbonyl (C=O) groups is 1. The molecule has 1 aliphatic heterocycles. The number of amides is 1. The fourth-order valence-corrected chi connectivity index (χ4v) is 3.52. The molecule has 0 radical (unpaired) electrons. The zero-order valence-corrected chi connectivity index (χ0v) is 16.7. The van der Waals surface area contributed by atoms with Gasteiger partial charge in [0.2, 0.25) is 5.88 Å². The smallest absolute Gasteiger partial charge is 0.422 e. The number of hydrogen-bond donors (Lipinski definition) is 1. The minimum absolute atomic E-state index is 0.121. The number of halogens is 3. The molecule has 3 heterocycles. The van der Waals surface area contributed by atoms with Crippen LogP contribution in [0, 0.1) is 0 Å². The minimum atomic E-state index is -4.44. The molecule has 0 bridgehead atoms. The number of para-hydroxylation sites is 1. The molecule has 31 heavy (non-hydrogen) atoms. The SMILES string of the molecule is O=C(NCc1ccnc(OCC(F)(F)F)c1)c1cc2ccccc2nc1N1CCCC1. The van der Waals surface area contributed by atoms with Crippen LogP contribution in [-0.2, 0) is 6.54 Å². The van der Waals surface area contributed by atoms with Crippen LogP contribution in [0.3, 0.4) is 0 Å². The number of benzene rings is 1. The molecule has 1 aromatic carbocycles. The molecular weight excluding hydrogens is 409 g/mol. The average Bonchev–Trinajstić information content (AvgIpc) is 3.30. The van der Waals surface area contributed by atoms with Crippen LogP contribution in [0.25, 0.3) is 10.9 Å². The first-order chi connectivity index (χ1) is 14.9. The lowest BCUT2D eigenvalue weighted by Crippen LogP contribution is -2.28. The van der Waals surface area contributed by atoms with Crippen molar-refractivity contribution in [3.05, 3.63) is 59.8 Å². The number of fused-ring (bicyclic) bond motifs is 1. The first-order valence-corrected chi connectivity index (χ1v) is 9.96. The number of pyridine rings is 2. The largest absolute Gasteiger partial charge is 0.468 e. The lowest BCUT2D eigenvalue weighted by atomic mass is 10.1. The maximum atomic E-state index is 13.0. The first kappa shape index (κ1) is 20.9. The Kier molecular flexibility index (Phi) is 5.92. The van der Waals surface area contributed by atoms with Gasteiger partial charge >= 0.3 is 6.18 Å². The third-order valence-corrected chi connectivity index (χ3v) is 4.99. The predicted molar refractivity (Wildman–Crippen MR) is 110 cm³/mol. The van der Waals surface area contributed by atoms with Crippen molar-refractivity contribution in [2.75, 3.05) is 24.6 Å². The van der Waals surface area contributed by atoms with Crippen LogP contribution in [0.15, 0.2) is 48.7 Å². The molecule has 3 aromatic rings. The Labute approximate surface area is 177 Å². The van der Waals surface area contributed by atoms with E-state index in [2.05, 4.69) is 19.9 Å². The van der Waals surface area contributed by atoms with Crippen LogP contribution >= 0.6 is 0 Å². The van der Waals surface area contributed by atoms with Crippen LogP contribution in [0.5, 0.6) is 5.88 Å². The number of carbonyl (C=O) groups excluding carboxylic acids is 1. The van der Waals surface area contributed by atoms with Gasteiger partial charge in [0.25, 0.3) is 5.91 Å². The van der Waals surface area contributed by atoms with Gasteiger partial charge in [-0.1, -0.05) is 18.2 Å². The number of alkyl halides is 3. The molecule has 2 aromatic heterocycles. The number of aromatic nitrogens is 2. The Hall–Kier alpha value is -3.36. The first-order valence-electron chi connectivity index (χ1n) is 9.96. The van der Waals surface area contributed by atoms with E-state index in [0.717, 1.165) is 36.8 Å². The van der Waals surface area contributed by atoms with E-state index in [-0.39, 0.29) is 18.3 Å². The summed E-state index contributed by atoms with van der Waals surface area (Å²) in [6.45, 7) is 0.388. The Morgan fingerprint density at radius 2 is 1.90 bits per heavy atom. The maximum absolute atomic E-state index is 13.0. The zero-order chi connectivity index (χ0) is 21.8. The summed E-state index contributed by atoms with van der Waals surface area (Å²) in [6, 6.07) is 12.4. The standard InChI is InChI=1S/C22H21F3N4O2/c23-22(24,25)14-31-19-11-15(7-8-26-19)13-27-21(30)17-12-16-5-1-2-6-18(16)28-20(17)29-9-3-4-10-29/h1-2,5-8,11-12H,3-4,9-10,13-14H2,(H,27,30).